The molecule has 5 heteroatoms. The molecule has 0 aliphatic carbocycles. The van der Waals surface area contributed by atoms with Crippen molar-refractivity contribution in [3.05, 3.63) is 18.2 Å². The standard InChI is InChI=1S/C19H34N2O3/c1-2-3-4-5-6-7-8-9-10-11-18-20-13-14-21(18)15-17-24-16-12-19(22)23/h13-14H,2-12,15-17H2,1H3,(H,22,23). The predicted octanol–water partition coefficient (Wildman–Crippen LogP) is 4.45. The van der Waals surface area contributed by atoms with Crippen LogP contribution < -0.4 is 0 Å². The van der Waals surface area contributed by atoms with E-state index >= 15 is 0 Å². The van der Waals surface area contributed by atoms with E-state index in [2.05, 4.69) is 16.5 Å². The first-order chi connectivity index (χ1) is 11.7. The Kier molecular flexibility index (Phi) is 12.1. The molecule has 1 heterocycles. The number of hydrogen-bond acceptors (Lipinski definition) is 3. The minimum Gasteiger partial charge on any atom is -0.481 e. The van der Waals surface area contributed by atoms with Crippen LogP contribution in [0, 0.1) is 0 Å². The van der Waals surface area contributed by atoms with E-state index in [1.54, 1.807) is 0 Å². The molecule has 138 valence electrons. The Hall–Kier alpha value is -1.36. The highest BCUT2D eigenvalue weighted by atomic mass is 16.5. The molecule has 0 aromatic carbocycles. The van der Waals surface area contributed by atoms with Crippen molar-refractivity contribution < 1.29 is 14.6 Å². The molecule has 24 heavy (non-hydrogen) atoms. The molecule has 0 aliphatic heterocycles. The van der Waals surface area contributed by atoms with Crippen LogP contribution in [0.1, 0.15) is 77.0 Å². The summed E-state index contributed by atoms with van der Waals surface area (Å²) in [7, 11) is 0. The Balaban J connectivity index is 2.03. The average molecular weight is 338 g/mol. The average Bonchev–Trinajstić information content (AvgIpc) is 3.00. The maximum atomic E-state index is 10.4. The molecule has 0 fully saturated rings. The maximum absolute atomic E-state index is 10.4. The summed E-state index contributed by atoms with van der Waals surface area (Å²) in [5.41, 5.74) is 0. The second-order valence-electron chi connectivity index (χ2n) is 6.37. The van der Waals surface area contributed by atoms with Gasteiger partial charge in [0.2, 0.25) is 0 Å². The van der Waals surface area contributed by atoms with Crippen LogP contribution in [0.15, 0.2) is 12.4 Å². The molecule has 0 saturated carbocycles. The molecular formula is C19H34N2O3. The van der Waals surface area contributed by atoms with E-state index in [9.17, 15) is 4.79 Å². The largest absolute Gasteiger partial charge is 0.481 e. The normalized spacial score (nSPS) is 11.0. The lowest BCUT2D eigenvalue weighted by Crippen LogP contribution is -2.11. The number of carbonyl (C=O) groups is 1. The van der Waals surface area contributed by atoms with Crippen molar-refractivity contribution >= 4 is 5.97 Å². The number of nitrogens with zero attached hydrogens (tertiary/aromatic N) is 2. The highest BCUT2D eigenvalue weighted by molar-refractivity contribution is 5.66. The smallest absolute Gasteiger partial charge is 0.305 e. The fourth-order valence-corrected chi connectivity index (χ4v) is 2.79. The quantitative estimate of drug-likeness (QED) is 0.452. The lowest BCUT2D eigenvalue weighted by Gasteiger charge is -2.08. The van der Waals surface area contributed by atoms with Crippen molar-refractivity contribution in [3.63, 3.8) is 0 Å². The van der Waals surface area contributed by atoms with Gasteiger partial charge in [0.25, 0.3) is 0 Å². The van der Waals surface area contributed by atoms with E-state index in [4.69, 9.17) is 9.84 Å². The molecule has 0 radical (unpaired) electrons. The van der Waals surface area contributed by atoms with Crippen molar-refractivity contribution in [1.82, 2.24) is 9.55 Å². The minimum absolute atomic E-state index is 0.0647. The first-order valence-electron chi connectivity index (χ1n) is 9.53. The Labute approximate surface area is 146 Å². The third-order valence-electron chi connectivity index (χ3n) is 4.24. The molecule has 0 unspecified atom stereocenters. The van der Waals surface area contributed by atoms with Crippen LogP contribution >= 0.6 is 0 Å². The SMILES string of the molecule is CCCCCCCCCCCc1nccn1CCOCCC(=O)O. The minimum atomic E-state index is -0.816. The molecule has 0 amide bonds. The number of aromatic nitrogens is 2. The number of ether oxygens (including phenoxy) is 1. The van der Waals surface area contributed by atoms with Gasteiger partial charge in [-0.3, -0.25) is 4.79 Å². The van der Waals surface area contributed by atoms with Gasteiger partial charge in [-0.25, -0.2) is 4.98 Å². The zero-order chi connectivity index (χ0) is 17.5. The Morgan fingerprint density at radius 3 is 2.42 bits per heavy atom. The Morgan fingerprint density at radius 2 is 1.75 bits per heavy atom. The van der Waals surface area contributed by atoms with Gasteiger partial charge in [-0.1, -0.05) is 58.3 Å². The molecule has 1 aromatic rings. The first kappa shape index (κ1) is 20.7. The molecule has 0 saturated heterocycles. The van der Waals surface area contributed by atoms with Gasteiger partial charge < -0.3 is 14.4 Å². The van der Waals surface area contributed by atoms with E-state index in [-0.39, 0.29) is 13.0 Å². The van der Waals surface area contributed by atoms with Crippen LogP contribution in [0.3, 0.4) is 0 Å². The number of aryl methyl sites for hydroxylation is 1. The summed E-state index contributed by atoms with van der Waals surface area (Å²) < 4.78 is 7.46. The second-order valence-corrected chi connectivity index (χ2v) is 6.37. The maximum Gasteiger partial charge on any atom is 0.305 e. The zero-order valence-electron chi connectivity index (χ0n) is 15.2. The van der Waals surface area contributed by atoms with Gasteiger partial charge in [-0.15, -0.1) is 0 Å². The van der Waals surface area contributed by atoms with Crippen LogP contribution in [0.5, 0.6) is 0 Å². The van der Waals surface area contributed by atoms with Crippen molar-refractivity contribution in [2.24, 2.45) is 0 Å². The van der Waals surface area contributed by atoms with Gasteiger partial charge in [0.05, 0.1) is 19.6 Å². The molecule has 1 rings (SSSR count). The summed E-state index contributed by atoms with van der Waals surface area (Å²) >= 11 is 0. The summed E-state index contributed by atoms with van der Waals surface area (Å²) in [5, 5.41) is 8.56. The monoisotopic (exact) mass is 338 g/mol. The number of carboxylic acids is 1. The number of aliphatic carboxylic acids is 1. The number of hydrogen-bond donors (Lipinski definition) is 1. The van der Waals surface area contributed by atoms with Crippen molar-refractivity contribution in [1.29, 1.82) is 0 Å². The van der Waals surface area contributed by atoms with Crippen LogP contribution in [-0.4, -0.2) is 33.8 Å². The third kappa shape index (κ3) is 10.4. The fourth-order valence-electron chi connectivity index (χ4n) is 2.79. The van der Waals surface area contributed by atoms with E-state index < -0.39 is 5.97 Å². The molecule has 0 aliphatic rings. The summed E-state index contributed by atoms with van der Waals surface area (Å²) in [5.74, 6) is 0.295. The summed E-state index contributed by atoms with van der Waals surface area (Å²) in [6.07, 6.45) is 16.9. The molecule has 5 nitrogen and oxygen atoms in total. The van der Waals surface area contributed by atoms with Gasteiger partial charge in [0.1, 0.15) is 5.82 Å². The highest BCUT2D eigenvalue weighted by Gasteiger charge is 2.03. The molecular weight excluding hydrogens is 304 g/mol. The predicted molar refractivity (Wildman–Crippen MR) is 96.2 cm³/mol. The lowest BCUT2D eigenvalue weighted by atomic mass is 10.1. The van der Waals surface area contributed by atoms with Gasteiger partial charge in [0, 0.05) is 25.4 Å². The highest BCUT2D eigenvalue weighted by Crippen LogP contribution is 2.11. The van der Waals surface area contributed by atoms with E-state index in [1.807, 2.05) is 12.4 Å². The van der Waals surface area contributed by atoms with Gasteiger partial charge in [0.15, 0.2) is 0 Å². The van der Waals surface area contributed by atoms with Gasteiger partial charge >= 0.3 is 5.97 Å². The lowest BCUT2D eigenvalue weighted by molar-refractivity contribution is -0.138. The van der Waals surface area contributed by atoms with Crippen LogP contribution in [0.2, 0.25) is 0 Å². The summed E-state index contributed by atoms with van der Waals surface area (Å²) in [6.45, 7) is 3.81. The number of unbranched alkanes of at least 4 members (excludes halogenated alkanes) is 8. The van der Waals surface area contributed by atoms with E-state index in [1.165, 1.54) is 57.8 Å². The number of rotatable bonds is 16. The summed E-state index contributed by atoms with van der Waals surface area (Å²) in [4.78, 5) is 14.8. The van der Waals surface area contributed by atoms with Crippen molar-refractivity contribution in [3.8, 4) is 0 Å². The molecule has 1 N–H and O–H groups in total. The molecule has 1 aromatic heterocycles. The molecule has 0 bridgehead atoms. The Bertz CT molecular complexity index is 432. The van der Waals surface area contributed by atoms with Gasteiger partial charge in [-0.2, -0.15) is 0 Å². The Morgan fingerprint density at radius 1 is 1.08 bits per heavy atom. The zero-order valence-corrected chi connectivity index (χ0v) is 15.2. The van der Waals surface area contributed by atoms with Crippen LogP contribution in [0.4, 0.5) is 0 Å². The topological polar surface area (TPSA) is 64.4 Å². The fraction of sp³-hybridized carbons (Fsp3) is 0.789. The number of carboxylic acid groups (broad SMARTS) is 1. The van der Waals surface area contributed by atoms with E-state index in [0.29, 0.717) is 6.61 Å². The van der Waals surface area contributed by atoms with E-state index in [0.717, 1.165) is 18.8 Å². The summed E-state index contributed by atoms with van der Waals surface area (Å²) in [6, 6.07) is 0. The first-order valence-corrected chi connectivity index (χ1v) is 9.53. The van der Waals surface area contributed by atoms with Crippen LogP contribution in [-0.2, 0) is 22.5 Å². The molecule has 0 atom stereocenters. The van der Waals surface area contributed by atoms with Gasteiger partial charge in [-0.05, 0) is 6.42 Å². The number of imidazole rings is 1. The van der Waals surface area contributed by atoms with Crippen molar-refractivity contribution in [2.45, 2.75) is 84.1 Å². The van der Waals surface area contributed by atoms with Crippen molar-refractivity contribution in [2.75, 3.05) is 13.2 Å². The molecule has 0 spiro atoms. The third-order valence-corrected chi connectivity index (χ3v) is 4.24. The second kappa shape index (κ2) is 14.0. The van der Waals surface area contributed by atoms with Crippen LogP contribution in [0.25, 0.3) is 0 Å².